The van der Waals surface area contributed by atoms with Gasteiger partial charge in [-0.25, -0.2) is 9.67 Å². The number of carbonyl (C=O) groups is 1. The van der Waals surface area contributed by atoms with Crippen molar-refractivity contribution in [1.29, 1.82) is 0 Å². The van der Waals surface area contributed by atoms with Crippen molar-refractivity contribution in [1.82, 2.24) is 4.68 Å². The van der Waals surface area contributed by atoms with Crippen LogP contribution in [0.1, 0.15) is 38.8 Å². The minimum Gasteiger partial charge on any atom is -0.482 e. The van der Waals surface area contributed by atoms with Crippen molar-refractivity contribution >= 4 is 40.0 Å². The number of para-hydroxylation sites is 2. The number of hydrogen-bond acceptors (Lipinski definition) is 7. The summed E-state index contributed by atoms with van der Waals surface area (Å²) in [5.41, 5.74) is 5.13. The number of fused-ring (bicyclic) bond motifs is 1. The predicted octanol–water partition coefficient (Wildman–Crippen LogP) is 6.26. The van der Waals surface area contributed by atoms with Crippen molar-refractivity contribution < 1.29 is 14.5 Å². The number of benzene rings is 3. The lowest BCUT2D eigenvalue weighted by Crippen LogP contribution is -2.25. The Kier molecular flexibility index (Phi) is 6.88. The summed E-state index contributed by atoms with van der Waals surface area (Å²) in [4.78, 5) is 28.2. The quantitative estimate of drug-likeness (QED) is 0.183. The van der Waals surface area contributed by atoms with E-state index in [1.54, 1.807) is 28.9 Å². The van der Waals surface area contributed by atoms with Gasteiger partial charge in [-0.3, -0.25) is 14.9 Å². The summed E-state index contributed by atoms with van der Waals surface area (Å²) in [6, 6.07) is 20.1. The van der Waals surface area contributed by atoms with Gasteiger partial charge in [-0.2, -0.15) is 5.10 Å². The Morgan fingerprint density at radius 1 is 1.10 bits per heavy atom. The predicted molar refractivity (Wildman–Crippen MR) is 153 cm³/mol. The molecule has 0 unspecified atom stereocenters. The Morgan fingerprint density at radius 3 is 2.56 bits per heavy atom. The van der Waals surface area contributed by atoms with Crippen molar-refractivity contribution in [2.24, 2.45) is 10.1 Å². The van der Waals surface area contributed by atoms with Gasteiger partial charge in [-0.1, -0.05) is 57.2 Å². The molecular formula is C29H27N5O4S. The first-order valence-corrected chi connectivity index (χ1v) is 13.2. The molecule has 0 fully saturated rings. The molecule has 5 rings (SSSR count). The van der Waals surface area contributed by atoms with Gasteiger partial charge in [-0.15, -0.1) is 11.3 Å². The lowest BCUT2D eigenvalue weighted by atomic mass is 9.86. The Labute approximate surface area is 229 Å². The van der Waals surface area contributed by atoms with Crippen LogP contribution >= 0.6 is 11.3 Å². The number of nitrogens with one attached hydrogen (secondary N) is 1. The summed E-state index contributed by atoms with van der Waals surface area (Å²) < 4.78 is 7.19. The van der Waals surface area contributed by atoms with E-state index in [2.05, 4.69) is 43.2 Å². The van der Waals surface area contributed by atoms with Gasteiger partial charge in [0.2, 0.25) is 4.80 Å². The summed E-state index contributed by atoms with van der Waals surface area (Å²) in [5, 5.41) is 21.3. The van der Waals surface area contributed by atoms with E-state index in [4.69, 9.17) is 9.84 Å². The first kappa shape index (κ1) is 26.1. The monoisotopic (exact) mass is 541 g/mol. The highest BCUT2D eigenvalue weighted by molar-refractivity contribution is 7.07. The third kappa shape index (κ3) is 5.51. The molecule has 0 saturated carbocycles. The van der Waals surface area contributed by atoms with Gasteiger partial charge in [0.25, 0.3) is 11.6 Å². The number of anilines is 1. The maximum absolute atomic E-state index is 11.9. The van der Waals surface area contributed by atoms with Gasteiger partial charge in [0.05, 0.1) is 22.0 Å². The molecule has 198 valence electrons. The van der Waals surface area contributed by atoms with Crippen LogP contribution < -0.4 is 14.9 Å². The maximum atomic E-state index is 11.9. The molecule has 0 atom stereocenters. The van der Waals surface area contributed by atoms with E-state index in [-0.39, 0.29) is 29.3 Å². The average molecular weight is 542 g/mol. The Bertz CT molecular complexity index is 1680. The van der Waals surface area contributed by atoms with E-state index in [1.165, 1.54) is 23.0 Å². The number of rotatable bonds is 5. The molecule has 9 nitrogen and oxygen atoms in total. The van der Waals surface area contributed by atoms with Gasteiger partial charge in [-0.05, 0) is 47.7 Å². The summed E-state index contributed by atoms with van der Waals surface area (Å²) in [7, 11) is 0. The van der Waals surface area contributed by atoms with Crippen LogP contribution in [0.25, 0.3) is 11.3 Å². The number of hydrogen-bond donors (Lipinski definition) is 1. The molecule has 0 saturated heterocycles. The van der Waals surface area contributed by atoms with Crippen LogP contribution in [-0.4, -0.2) is 27.8 Å². The van der Waals surface area contributed by atoms with Crippen LogP contribution in [0.4, 0.5) is 17.1 Å². The van der Waals surface area contributed by atoms with E-state index < -0.39 is 4.92 Å². The van der Waals surface area contributed by atoms with Crippen LogP contribution in [0, 0.1) is 10.1 Å². The van der Waals surface area contributed by atoms with Crippen LogP contribution in [0.3, 0.4) is 0 Å². The summed E-state index contributed by atoms with van der Waals surface area (Å²) in [6.45, 7) is 8.38. The summed E-state index contributed by atoms with van der Waals surface area (Å²) in [5.74, 6) is 0.362. The number of thiazole rings is 1. The second kappa shape index (κ2) is 10.3. The third-order valence-corrected chi connectivity index (χ3v) is 7.12. The van der Waals surface area contributed by atoms with Gasteiger partial charge in [0, 0.05) is 17.0 Å². The molecule has 39 heavy (non-hydrogen) atoms. The Balaban J connectivity index is 1.66. The highest BCUT2D eigenvalue weighted by atomic mass is 32.1. The Morgan fingerprint density at radius 2 is 1.85 bits per heavy atom. The molecule has 0 aliphatic carbocycles. The normalized spacial score (nSPS) is 14.0. The second-order valence-corrected chi connectivity index (χ2v) is 11.0. The fourth-order valence-electron chi connectivity index (χ4n) is 4.15. The van der Waals surface area contributed by atoms with Crippen molar-refractivity contribution in [3.05, 3.63) is 98.2 Å². The van der Waals surface area contributed by atoms with E-state index in [0.717, 1.165) is 16.8 Å². The first-order valence-electron chi connectivity index (χ1n) is 12.3. The van der Waals surface area contributed by atoms with Crippen LogP contribution in [-0.2, 0) is 10.2 Å². The molecule has 1 aliphatic heterocycles. The molecule has 4 aromatic rings. The number of nitro benzene ring substituents is 1. The number of carbonyl (C=O) groups excluding carboxylic acids is 1. The molecular weight excluding hydrogens is 514 g/mol. The highest BCUT2D eigenvalue weighted by Crippen LogP contribution is 2.33. The molecule has 10 heteroatoms. The molecule has 0 bridgehead atoms. The van der Waals surface area contributed by atoms with Gasteiger partial charge >= 0.3 is 0 Å². The van der Waals surface area contributed by atoms with E-state index in [9.17, 15) is 14.9 Å². The van der Waals surface area contributed by atoms with E-state index >= 15 is 0 Å². The van der Waals surface area contributed by atoms with Crippen LogP contribution in [0.15, 0.2) is 82.2 Å². The zero-order valence-corrected chi connectivity index (χ0v) is 22.8. The summed E-state index contributed by atoms with van der Waals surface area (Å²) in [6.07, 6.45) is 0. The second-order valence-electron chi connectivity index (χ2n) is 10.1. The minimum atomic E-state index is -0.449. The molecule has 1 aromatic heterocycles. The fourth-order valence-corrected chi connectivity index (χ4v) is 4.99. The Hall–Kier alpha value is -4.57. The largest absolute Gasteiger partial charge is 0.482 e. The molecule has 0 radical (unpaired) electrons. The number of nitrogens with zero attached hydrogens (tertiary/aromatic N) is 4. The number of ether oxygens (including phenoxy) is 1. The maximum Gasteiger partial charge on any atom is 0.294 e. The first-order chi connectivity index (χ1) is 18.6. The smallest absolute Gasteiger partial charge is 0.294 e. The van der Waals surface area contributed by atoms with Crippen molar-refractivity contribution in [3.63, 3.8) is 0 Å². The number of amides is 1. The zero-order valence-electron chi connectivity index (χ0n) is 22.0. The fraction of sp³-hybridized carbons (Fsp3) is 0.207. The van der Waals surface area contributed by atoms with E-state index in [1.807, 2.05) is 36.6 Å². The third-order valence-electron chi connectivity index (χ3n) is 6.31. The molecule has 3 aromatic carbocycles. The zero-order chi connectivity index (χ0) is 27.7. The molecule has 1 N–H and O–H groups in total. The standard InChI is InChI=1S/C29H27N5O4S/c1-18(19-9-12-21(13-10-19)29(2,3)4)32-33-25(20-11-14-26-23(15-20)30-27(35)16-38-26)17-39-28(33)31-22-7-5-6-8-24(22)34(36)37/h5-15,17H,16H2,1-4H3,(H,30,35). The van der Waals surface area contributed by atoms with Crippen LogP contribution in [0.5, 0.6) is 5.75 Å². The van der Waals surface area contributed by atoms with E-state index in [0.29, 0.717) is 21.9 Å². The molecule has 2 heterocycles. The number of aromatic nitrogens is 1. The lowest BCUT2D eigenvalue weighted by molar-refractivity contribution is -0.384. The SMILES string of the molecule is CC(=Nn1c(-c2ccc3c(c2)NC(=O)CO3)csc1=Nc1ccccc1[N+](=O)[O-])c1ccc(C(C)(C)C)cc1. The van der Waals surface area contributed by atoms with Gasteiger partial charge < -0.3 is 10.1 Å². The minimum absolute atomic E-state index is 0.0266. The van der Waals surface area contributed by atoms with Gasteiger partial charge in [0.15, 0.2) is 6.61 Å². The van der Waals surface area contributed by atoms with Crippen molar-refractivity contribution in [3.8, 4) is 17.0 Å². The number of nitro groups is 1. The molecule has 1 aliphatic rings. The summed E-state index contributed by atoms with van der Waals surface area (Å²) >= 11 is 1.32. The van der Waals surface area contributed by atoms with Crippen LogP contribution in [0.2, 0.25) is 0 Å². The highest BCUT2D eigenvalue weighted by Gasteiger charge is 2.19. The molecule has 1 amide bonds. The van der Waals surface area contributed by atoms with Crippen molar-refractivity contribution in [2.45, 2.75) is 33.1 Å². The topological polar surface area (TPSA) is 111 Å². The average Bonchev–Trinajstić information content (AvgIpc) is 3.29. The lowest BCUT2D eigenvalue weighted by Gasteiger charge is -2.19. The van der Waals surface area contributed by atoms with Gasteiger partial charge in [0.1, 0.15) is 11.4 Å². The molecule has 0 spiro atoms. The van der Waals surface area contributed by atoms with Crippen molar-refractivity contribution in [2.75, 3.05) is 11.9 Å².